The maximum atomic E-state index is 5.71. The molecule has 4 heteroatoms. The van der Waals surface area contributed by atoms with Crippen LogP contribution in [0.4, 0.5) is 0 Å². The molecule has 2 heterocycles. The molecule has 4 nitrogen and oxygen atoms in total. The molecule has 0 aromatic carbocycles. The highest BCUT2D eigenvalue weighted by atomic mass is 16.7. The normalized spacial score (nSPS) is 26.4. The Morgan fingerprint density at radius 2 is 2.12 bits per heavy atom. The highest BCUT2D eigenvalue weighted by Crippen LogP contribution is 2.30. The second kappa shape index (κ2) is 4.45. The molecule has 2 fully saturated rings. The SMILES string of the molecule is c1nn(C2CCCC2)cc1OC1CCCO1. The van der Waals surface area contributed by atoms with Gasteiger partial charge in [0.2, 0.25) is 0 Å². The maximum absolute atomic E-state index is 5.71. The summed E-state index contributed by atoms with van der Waals surface area (Å²) in [6.45, 7) is 0.821. The van der Waals surface area contributed by atoms with Gasteiger partial charge in [0.25, 0.3) is 0 Å². The van der Waals surface area contributed by atoms with Crippen molar-refractivity contribution in [3.8, 4) is 5.75 Å². The lowest BCUT2D eigenvalue weighted by Crippen LogP contribution is -2.13. The Kier molecular flexibility index (Phi) is 2.82. The Balaban J connectivity index is 1.62. The van der Waals surface area contributed by atoms with Gasteiger partial charge in [-0.25, -0.2) is 0 Å². The highest BCUT2D eigenvalue weighted by Gasteiger charge is 2.20. The van der Waals surface area contributed by atoms with E-state index in [0.29, 0.717) is 6.04 Å². The molecule has 1 saturated heterocycles. The van der Waals surface area contributed by atoms with E-state index in [4.69, 9.17) is 9.47 Å². The largest absolute Gasteiger partial charge is 0.462 e. The molecule has 88 valence electrons. The average molecular weight is 222 g/mol. The van der Waals surface area contributed by atoms with E-state index in [1.165, 1.54) is 25.7 Å². The quantitative estimate of drug-likeness (QED) is 0.788. The summed E-state index contributed by atoms with van der Waals surface area (Å²) in [6.07, 6.45) is 11.0. The van der Waals surface area contributed by atoms with E-state index in [1.807, 2.05) is 6.20 Å². The minimum atomic E-state index is -0.0544. The molecule has 0 bridgehead atoms. The van der Waals surface area contributed by atoms with Crippen molar-refractivity contribution >= 4 is 0 Å². The summed E-state index contributed by atoms with van der Waals surface area (Å²) in [5, 5.41) is 4.38. The van der Waals surface area contributed by atoms with Crippen molar-refractivity contribution in [1.82, 2.24) is 9.78 Å². The third-order valence-corrected chi connectivity index (χ3v) is 3.43. The van der Waals surface area contributed by atoms with Crippen LogP contribution in [-0.2, 0) is 4.74 Å². The molecular weight excluding hydrogens is 204 g/mol. The Morgan fingerprint density at radius 3 is 2.88 bits per heavy atom. The molecule has 0 radical (unpaired) electrons. The Bertz CT molecular complexity index is 339. The molecule has 1 saturated carbocycles. The fourth-order valence-electron chi connectivity index (χ4n) is 2.54. The number of nitrogens with zero attached hydrogens (tertiary/aromatic N) is 2. The topological polar surface area (TPSA) is 36.3 Å². The zero-order chi connectivity index (χ0) is 10.8. The molecule has 3 rings (SSSR count). The Morgan fingerprint density at radius 1 is 1.25 bits per heavy atom. The van der Waals surface area contributed by atoms with E-state index >= 15 is 0 Å². The van der Waals surface area contributed by atoms with Gasteiger partial charge >= 0.3 is 0 Å². The number of hydrogen-bond acceptors (Lipinski definition) is 3. The van der Waals surface area contributed by atoms with E-state index < -0.39 is 0 Å². The fraction of sp³-hybridized carbons (Fsp3) is 0.750. The highest BCUT2D eigenvalue weighted by molar-refractivity contribution is 5.12. The van der Waals surface area contributed by atoms with Crippen LogP contribution in [0, 0.1) is 0 Å². The zero-order valence-electron chi connectivity index (χ0n) is 9.47. The van der Waals surface area contributed by atoms with E-state index in [0.717, 1.165) is 25.2 Å². The van der Waals surface area contributed by atoms with Gasteiger partial charge in [-0.15, -0.1) is 0 Å². The summed E-state index contributed by atoms with van der Waals surface area (Å²) in [5.74, 6) is 0.846. The monoisotopic (exact) mass is 222 g/mol. The van der Waals surface area contributed by atoms with Crippen LogP contribution in [0.2, 0.25) is 0 Å². The van der Waals surface area contributed by atoms with Crippen LogP contribution < -0.4 is 4.74 Å². The van der Waals surface area contributed by atoms with Crippen LogP contribution in [0.3, 0.4) is 0 Å². The van der Waals surface area contributed by atoms with Gasteiger partial charge < -0.3 is 9.47 Å². The average Bonchev–Trinajstić information content (AvgIpc) is 2.99. The molecule has 1 aromatic rings. The lowest BCUT2D eigenvalue weighted by Gasteiger charge is -2.11. The van der Waals surface area contributed by atoms with Crippen molar-refractivity contribution in [2.75, 3.05) is 6.61 Å². The third-order valence-electron chi connectivity index (χ3n) is 3.43. The summed E-state index contributed by atoms with van der Waals surface area (Å²) < 4.78 is 13.2. The summed E-state index contributed by atoms with van der Waals surface area (Å²) in [5.41, 5.74) is 0. The first-order valence-corrected chi connectivity index (χ1v) is 6.24. The van der Waals surface area contributed by atoms with Gasteiger partial charge in [-0.05, 0) is 19.3 Å². The van der Waals surface area contributed by atoms with Gasteiger partial charge in [-0.3, -0.25) is 4.68 Å². The Labute approximate surface area is 95.5 Å². The summed E-state index contributed by atoms with van der Waals surface area (Å²) in [6, 6.07) is 0.585. The van der Waals surface area contributed by atoms with Crippen LogP contribution in [0.1, 0.15) is 44.6 Å². The van der Waals surface area contributed by atoms with Gasteiger partial charge in [-0.2, -0.15) is 5.10 Å². The molecule has 1 unspecified atom stereocenters. The smallest absolute Gasteiger partial charge is 0.200 e. The molecule has 1 atom stereocenters. The minimum Gasteiger partial charge on any atom is -0.462 e. The van der Waals surface area contributed by atoms with Gasteiger partial charge in [0.15, 0.2) is 12.0 Å². The third kappa shape index (κ3) is 2.07. The van der Waals surface area contributed by atoms with Gasteiger partial charge in [0.05, 0.1) is 25.0 Å². The van der Waals surface area contributed by atoms with Crippen molar-refractivity contribution in [3.05, 3.63) is 12.4 Å². The van der Waals surface area contributed by atoms with Crippen molar-refractivity contribution < 1.29 is 9.47 Å². The van der Waals surface area contributed by atoms with Crippen molar-refractivity contribution in [3.63, 3.8) is 0 Å². The molecule has 0 N–H and O–H groups in total. The molecule has 0 spiro atoms. The maximum Gasteiger partial charge on any atom is 0.200 e. The molecule has 16 heavy (non-hydrogen) atoms. The molecule has 1 aliphatic heterocycles. The van der Waals surface area contributed by atoms with E-state index in [1.54, 1.807) is 6.20 Å². The lowest BCUT2D eigenvalue weighted by molar-refractivity contribution is -0.0391. The van der Waals surface area contributed by atoms with Crippen LogP contribution in [0.25, 0.3) is 0 Å². The predicted octanol–water partition coefficient (Wildman–Crippen LogP) is 2.51. The van der Waals surface area contributed by atoms with E-state index in [-0.39, 0.29) is 6.29 Å². The van der Waals surface area contributed by atoms with Crippen molar-refractivity contribution in [2.45, 2.75) is 50.9 Å². The van der Waals surface area contributed by atoms with Crippen molar-refractivity contribution in [1.29, 1.82) is 0 Å². The predicted molar refractivity (Wildman–Crippen MR) is 59.3 cm³/mol. The van der Waals surface area contributed by atoms with E-state index in [9.17, 15) is 0 Å². The van der Waals surface area contributed by atoms with E-state index in [2.05, 4.69) is 9.78 Å². The standard InChI is InChI=1S/C12H18N2O2/c1-2-5-10(4-1)14-9-11(8-13-14)16-12-6-3-7-15-12/h8-10,12H,1-7H2. The molecular formula is C12H18N2O2. The first-order chi connectivity index (χ1) is 7.92. The lowest BCUT2D eigenvalue weighted by atomic mass is 10.3. The van der Waals surface area contributed by atoms with Crippen LogP contribution in [0.15, 0.2) is 12.4 Å². The van der Waals surface area contributed by atoms with Crippen LogP contribution in [0.5, 0.6) is 5.75 Å². The first kappa shape index (κ1) is 10.1. The zero-order valence-corrected chi connectivity index (χ0v) is 9.47. The number of ether oxygens (including phenoxy) is 2. The Hall–Kier alpha value is -1.03. The number of aromatic nitrogens is 2. The first-order valence-electron chi connectivity index (χ1n) is 6.24. The van der Waals surface area contributed by atoms with Crippen molar-refractivity contribution in [2.24, 2.45) is 0 Å². The van der Waals surface area contributed by atoms with Crippen LogP contribution >= 0.6 is 0 Å². The van der Waals surface area contributed by atoms with Gasteiger partial charge in [-0.1, -0.05) is 12.8 Å². The molecule has 1 aliphatic carbocycles. The number of hydrogen-bond donors (Lipinski definition) is 0. The summed E-state index contributed by atoms with van der Waals surface area (Å²) in [7, 11) is 0. The van der Waals surface area contributed by atoms with Gasteiger partial charge in [0, 0.05) is 6.42 Å². The van der Waals surface area contributed by atoms with Gasteiger partial charge in [0.1, 0.15) is 0 Å². The van der Waals surface area contributed by atoms with Crippen LogP contribution in [-0.4, -0.2) is 22.7 Å². The molecule has 0 amide bonds. The summed E-state index contributed by atoms with van der Waals surface area (Å²) in [4.78, 5) is 0. The molecule has 1 aromatic heterocycles. The number of rotatable bonds is 3. The summed E-state index contributed by atoms with van der Waals surface area (Å²) >= 11 is 0. The molecule has 2 aliphatic rings. The fourth-order valence-corrected chi connectivity index (χ4v) is 2.54. The second-order valence-electron chi connectivity index (χ2n) is 4.65. The minimum absolute atomic E-state index is 0.0544. The second-order valence-corrected chi connectivity index (χ2v) is 4.65.